The van der Waals surface area contributed by atoms with Crippen LogP contribution in [0.1, 0.15) is 56.5 Å². The maximum atomic E-state index is 13.0. The van der Waals surface area contributed by atoms with Crippen LogP contribution in [-0.4, -0.2) is 67.4 Å². The molecule has 20 nitrogen and oxygen atoms in total. The maximum Gasteiger partial charge on any atom is 0.538 e. The van der Waals surface area contributed by atoms with Crippen LogP contribution in [0.2, 0.25) is 0 Å². The number of hydrogen-bond acceptors (Lipinski definition) is 16. The van der Waals surface area contributed by atoms with Crippen LogP contribution >= 0.6 is 7.82 Å². The number of carboxylic acid groups (broad SMARTS) is 1. The molecule has 5 rings (SSSR count). The topological polar surface area (TPSA) is 290 Å². The monoisotopic (exact) mass is 813 g/mol. The number of nitrogens with one attached hydrogen (secondary N) is 3. The second kappa shape index (κ2) is 18.9. The van der Waals surface area contributed by atoms with E-state index in [9.17, 15) is 38.4 Å². The van der Waals surface area contributed by atoms with Crippen molar-refractivity contribution in [2.45, 2.75) is 32.4 Å². The molecule has 3 aromatic carbocycles. The van der Waals surface area contributed by atoms with Gasteiger partial charge in [0.1, 0.15) is 34.9 Å². The van der Waals surface area contributed by atoms with Gasteiger partial charge in [-0.05, 0) is 67.4 Å². The Morgan fingerprint density at radius 2 is 1.69 bits per heavy atom. The third-order valence-electron chi connectivity index (χ3n) is 7.62. The van der Waals surface area contributed by atoms with Crippen molar-refractivity contribution in [2.75, 3.05) is 17.7 Å². The number of carboxylic acids is 1. The number of hydrogen-bond donors (Lipinski definition) is 5. The first-order chi connectivity index (χ1) is 27.8. The van der Waals surface area contributed by atoms with E-state index >= 15 is 0 Å². The summed E-state index contributed by atoms with van der Waals surface area (Å²) in [5.74, 6) is -4.92. The smallest absolute Gasteiger partial charge is 0.480 e. The van der Waals surface area contributed by atoms with E-state index < -0.39 is 55.6 Å². The van der Waals surface area contributed by atoms with E-state index in [1.807, 2.05) is 0 Å². The molecule has 0 aliphatic carbocycles. The molecule has 1 unspecified atom stereocenters. The number of phosphoric acid groups is 1. The summed E-state index contributed by atoms with van der Waals surface area (Å²) in [5, 5.41) is 14.6. The van der Waals surface area contributed by atoms with Crippen LogP contribution in [0.15, 0.2) is 83.8 Å². The number of nitrogens with two attached hydrogens (primary N) is 1. The van der Waals surface area contributed by atoms with Gasteiger partial charge in [-0.15, -0.1) is 0 Å². The third-order valence-corrected chi connectivity index (χ3v) is 8.97. The normalized spacial score (nSPS) is 12.3. The number of esters is 2. The zero-order chi connectivity index (χ0) is 41.8. The minimum atomic E-state index is -3.97. The lowest BCUT2D eigenvalue weighted by Gasteiger charge is -2.15. The first kappa shape index (κ1) is 41.7. The molecule has 0 spiro atoms. The van der Waals surface area contributed by atoms with Gasteiger partial charge in [0.15, 0.2) is 11.2 Å². The van der Waals surface area contributed by atoms with Gasteiger partial charge in [-0.2, -0.15) is 4.98 Å². The van der Waals surface area contributed by atoms with Crippen molar-refractivity contribution in [2.24, 2.45) is 0 Å². The van der Waals surface area contributed by atoms with Crippen LogP contribution in [0, 0.1) is 12.5 Å². The molecule has 5 aromatic rings. The second-order valence-electron chi connectivity index (χ2n) is 11.7. The van der Waals surface area contributed by atoms with Gasteiger partial charge in [-0.25, -0.2) is 24.1 Å². The number of aliphatic carboxylic acids is 1. The number of phosphoric ester groups is 1. The minimum absolute atomic E-state index is 0.0313. The number of nitrogen functional groups attached to an aromatic ring is 1. The van der Waals surface area contributed by atoms with Crippen LogP contribution in [0.3, 0.4) is 0 Å². The van der Waals surface area contributed by atoms with Crippen molar-refractivity contribution in [3.63, 3.8) is 0 Å². The molecular weight excluding hydrogens is 781 g/mol. The number of amides is 2. The van der Waals surface area contributed by atoms with Crippen molar-refractivity contribution < 1.29 is 56.7 Å². The molecular formula is C37H32N7O13P. The standard InChI is InChI=1S/C37H32N7O13P/c1-3-53-58(52,54-4-2)55-20-21-9-15-24(16-10-21)56-36(51)25-7-5-6-8-28(25)57-29(45)18-17-26(35(49)50)42-32(46)22-11-13-23(14-12-22)40-33(47)27-19-39-31-30(41-27)34(48)44-37(38)43-31/h1,5-16,19,26H,4,17-18,20H2,2H3,(H,40,47)(H,42,46)(H,49,50)(H3,38,39,43,44,48)/t26-,58?/m0/s1. The fraction of sp³-hybridized carbons (Fsp3) is 0.162. The second-order valence-corrected chi connectivity index (χ2v) is 13.3. The molecule has 21 heteroatoms. The number of para-hydroxylation sites is 1. The molecule has 58 heavy (non-hydrogen) atoms. The number of H-pyrrole nitrogens is 1. The van der Waals surface area contributed by atoms with Crippen molar-refractivity contribution in [3.8, 4) is 24.0 Å². The molecule has 2 heterocycles. The Bertz CT molecular complexity index is 2500. The van der Waals surface area contributed by atoms with E-state index in [1.165, 1.54) is 72.8 Å². The number of ether oxygens (including phenoxy) is 2. The first-order valence-corrected chi connectivity index (χ1v) is 18.3. The number of terminal acetylenes is 1. The molecule has 6 N–H and O–H groups in total. The highest BCUT2D eigenvalue weighted by molar-refractivity contribution is 7.48. The number of fused-ring (bicyclic) bond motifs is 1. The molecule has 0 bridgehead atoms. The van der Waals surface area contributed by atoms with Crippen molar-refractivity contribution in [3.05, 3.63) is 112 Å². The summed E-state index contributed by atoms with van der Waals surface area (Å²) in [6.07, 6.45) is 7.08. The molecule has 2 aromatic heterocycles. The molecule has 2 amide bonds. The fourth-order valence-electron chi connectivity index (χ4n) is 4.88. The number of aromatic nitrogens is 4. The van der Waals surface area contributed by atoms with Gasteiger partial charge < -0.3 is 35.5 Å². The number of anilines is 2. The van der Waals surface area contributed by atoms with Crippen molar-refractivity contribution >= 4 is 60.3 Å². The summed E-state index contributed by atoms with van der Waals surface area (Å²) in [6.45, 7) is 1.42. The van der Waals surface area contributed by atoms with Gasteiger partial charge in [0, 0.05) is 17.7 Å². The summed E-state index contributed by atoms with van der Waals surface area (Å²) in [6, 6.07) is 15.5. The molecule has 0 radical (unpaired) electrons. The summed E-state index contributed by atoms with van der Waals surface area (Å²) < 4.78 is 37.9. The Kier molecular flexibility index (Phi) is 13.6. The Morgan fingerprint density at radius 3 is 2.38 bits per heavy atom. The van der Waals surface area contributed by atoms with E-state index in [-0.39, 0.29) is 70.8 Å². The number of nitrogens with zero attached hydrogens (tertiary/aromatic N) is 3. The summed E-state index contributed by atoms with van der Waals surface area (Å²) in [5.41, 5.74) is 5.03. The molecule has 0 aliphatic heterocycles. The van der Waals surface area contributed by atoms with Crippen LogP contribution in [-0.2, 0) is 34.3 Å². The average molecular weight is 814 g/mol. The van der Waals surface area contributed by atoms with Crippen LogP contribution in [0.4, 0.5) is 11.6 Å². The van der Waals surface area contributed by atoms with E-state index in [4.69, 9.17) is 30.7 Å². The number of benzene rings is 3. The van der Waals surface area contributed by atoms with Gasteiger partial charge in [0.05, 0.1) is 19.4 Å². The summed E-state index contributed by atoms with van der Waals surface area (Å²) in [7, 11) is -3.97. The first-order valence-electron chi connectivity index (χ1n) is 16.9. The van der Waals surface area contributed by atoms with Gasteiger partial charge in [0.25, 0.3) is 17.4 Å². The Morgan fingerprint density at radius 1 is 0.966 bits per heavy atom. The van der Waals surface area contributed by atoms with Crippen LogP contribution in [0.5, 0.6) is 11.5 Å². The minimum Gasteiger partial charge on any atom is -0.480 e. The maximum absolute atomic E-state index is 13.0. The molecule has 0 aliphatic rings. The summed E-state index contributed by atoms with van der Waals surface area (Å²) in [4.78, 5) is 89.6. The van der Waals surface area contributed by atoms with Gasteiger partial charge in [-0.1, -0.05) is 30.7 Å². The lowest BCUT2D eigenvalue weighted by molar-refractivity contribution is -0.140. The highest BCUT2D eigenvalue weighted by Crippen LogP contribution is 2.49. The summed E-state index contributed by atoms with van der Waals surface area (Å²) >= 11 is 0. The SMILES string of the molecule is C#COP(=O)(OCC)OCc1ccc(OC(=O)c2ccccc2OC(=O)CC[C@H](NC(=O)c2ccc(NC(=O)c3cnc4nc(N)[nH]c(=O)c4n3)cc2)C(=O)O)cc1. The lowest BCUT2D eigenvalue weighted by atomic mass is 10.1. The van der Waals surface area contributed by atoms with Gasteiger partial charge >= 0.3 is 25.7 Å². The molecule has 0 saturated heterocycles. The van der Waals surface area contributed by atoms with Crippen LogP contribution in [0.25, 0.3) is 11.2 Å². The Labute approximate surface area is 327 Å². The number of carbonyl (C=O) groups is 5. The largest absolute Gasteiger partial charge is 0.538 e. The molecule has 0 fully saturated rings. The zero-order valence-electron chi connectivity index (χ0n) is 30.2. The van der Waals surface area contributed by atoms with Crippen molar-refractivity contribution in [1.29, 1.82) is 0 Å². The predicted octanol–water partition coefficient (Wildman–Crippen LogP) is 3.60. The van der Waals surface area contributed by atoms with Crippen molar-refractivity contribution in [1.82, 2.24) is 25.3 Å². The molecule has 2 atom stereocenters. The van der Waals surface area contributed by atoms with E-state index in [1.54, 1.807) is 13.0 Å². The highest BCUT2D eigenvalue weighted by atomic mass is 31.2. The predicted molar refractivity (Wildman–Crippen MR) is 202 cm³/mol. The zero-order valence-corrected chi connectivity index (χ0v) is 31.1. The van der Waals surface area contributed by atoms with E-state index in [2.05, 4.69) is 35.1 Å². The van der Waals surface area contributed by atoms with Crippen LogP contribution < -0.4 is 31.4 Å². The third kappa shape index (κ3) is 11.1. The Hall–Kier alpha value is -7.46. The number of aromatic amines is 1. The van der Waals surface area contributed by atoms with Gasteiger partial charge in [0.2, 0.25) is 5.95 Å². The lowest BCUT2D eigenvalue weighted by Crippen LogP contribution is -2.41. The number of carbonyl (C=O) groups excluding carboxylic acids is 4. The van der Waals surface area contributed by atoms with E-state index in [0.29, 0.717) is 5.56 Å². The molecule has 0 saturated carbocycles. The fourth-order valence-corrected chi connectivity index (χ4v) is 5.82. The highest BCUT2D eigenvalue weighted by Gasteiger charge is 2.27. The quantitative estimate of drug-likeness (QED) is 0.0388. The number of rotatable bonds is 17. The van der Waals surface area contributed by atoms with E-state index in [0.717, 1.165) is 6.20 Å². The molecule has 298 valence electrons. The Balaban J connectivity index is 1.12. The van der Waals surface area contributed by atoms with Gasteiger partial charge in [-0.3, -0.25) is 33.2 Å². The average Bonchev–Trinajstić information content (AvgIpc) is 3.19.